The molecule has 0 bridgehead atoms. The monoisotopic (exact) mass is 417 g/mol. The van der Waals surface area contributed by atoms with Gasteiger partial charge in [0, 0.05) is 34.1 Å². The summed E-state index contributed by atoms with van der Waals surface area (Å²) < 4.78 is 1.74. The third-order valence-corrected chi connectivity index (χ3v) is 5.88. The highest BCUT2D eigenvalue weighted by atomic mass is 32.2. The van der Waals surface area contributed by atoms with Gasteiger partial charge in [-0.05, 0) is 51.1 Å². The van der Waals surface area contributed by atoms with Gasteiger partial charge in [0.1, 0.15) is 11.1 Å². The maximum Gasteiger partial charge on any atom is 0.103 e. The van der Waals surface area contributed by atoms with Crippen LogP contribution >= 0.6 is 11.8 Å². The summed E-state index contributed by atoms with van der Waals surface area (Å²) in [4.78, 5) is 5.29. The van der Waals surface area contributed by atoms with Crippen LogP contribution in [-0.4, -0.2) is 37.9 Å². The first kappa shape index (κ1) is 20.1. The Hall–Kier alpha value is -3.15. The van der Waals surface area contributed by atoms with Crippen molar-refractivity contribution in [3.05, 3.63) is 60.3 Å². The number of aromatic nitrogens is 5. The Bertz CT molecular complexity index is 1140. The number of hydrogen-bond acceptors (Lipinski definition) is 6. The standard InChI is InChI=1S/C17H12N6S.C5H11N/c1-11-14(9-20-22-11)12-6-15(24-16-4-2-3-5-19-16)17-13(7-18)8-21-23(17)10-12;1-2-4-6-5-3-1/h2-6,8-10H,1H3,(H,20,22);6H,1-5H2. The Morgan fingerprint density at radius 2 is 2.03 bits per heavy atom. The van der Waals surface area contributed by atoms with Gasteiger partial charge < -0.3 is 5.32 Å². The lowest BCUT2D eigenvalue weighted by Crippen LogP contribution is -2.21. The molecule has 0 radical (unpaired) electrons. The van der Waals surface area contributed by atoms with E-state index in [9.17, 15) is 5.26 Å². The van der Waals surface area contributed by atoms with Crippen LogP contribution in [0.5, 0.6) is 0 Å². The van der Waals surface area contributed by atoms with Crippen LogP contribution in [0.15, 0.2) is 59.0 Å². The minimum Gasteiger partial charge on any atom is -0.317 e. The Morgan fingerprint density at radius 3 is 2.63 bits per heavy atom. The van der Waals surface area contributed by atoms with E-state index in [1.165, 1.54) is 44.1 Å². The van der Waals surface area contributed by atoms with Gasteiger partial charge >= 0.3 is 0 Å². The molecule has 0 aromatic carbocycles. The Morgan fingerprint density at radius 1 is 1.17 bits per heavy atom. The van der Waals surface area contributed by atoms with Gasteiger partial charge in [-0.3, -0.25) is 5.10 Å². The van der Waals surface area contributed by atoms with Crippen molar-refractivity contribution in [1.29, 1.82) is 5.26 Å². The average Bonchev–Trinajstić information content (AvgIpc) is 3.42. The molecule has 1 aliphatic rings. The number of fused-ring (bicyclic) bond motifs is 1. The minimum atomic E-state index is 0.545. The number of aromatic amines is 1. The van der Waals surface area contributed by atoms with Gasteiger partial charge in [-0.25, -0.2) is 9.50 Å². The first-order valence-corrected chi connectivity index (χ1v) is 10.8. The molecule has 7 nitrogen and oxygen atoms in total. The van der Waals surface area contributed by atoms with Crippen LogP contribution in [-0.2, 0) is 0 Å². The molecule has 0 amide bonds. The number of nitrogens with zero attached hydrogens (tertiary/aromatic N) is 5. The van der Waals surface area contributed by atoms with Gasteiger partial charge in [0.15, 0.2) is 0 Å². The highest BCUT2D eigenvalue weighted by Crippen LogP contribution is 2.35. The second-order valence-electron chi connectivity index (χ2n) is 7.05. The predicted octanol–water partition coefficient (Wildman–Crippen LogP) is 4.21. The molecule has 0 atom stereocenters. The van der Waals surface area contributed by atoms with E-state index in [0.717, 1.165) is 32.3 Å². The molecule has 5 rings (SSSR count). The summed E-state index contributed by atoms with van der Waals surface area (Å²) in [7, 11) is 0. The summed E-state index contributed by atoms with van der Waals surface area (Å²) in [5, 5.41) is 24.9. The molecule has 4 aromatic rings. The van der Waals surface area contributed by atoms with E-state index in [2.05, 4.69) is 37.7 Å². The van der Waals surface area contributed by atoms with Crippen molar-refractivity contribution in [2.45, 2.75) is 36.1 Å². The Balaban J connectivity index is 0.000000313. The number of H-pyrrole nitrogens is 1. The quantitative estimate of drug-likeness (QED) is 0.518. The van der Waals surface area contributed by atoms with Crippen molar-refractivity contribution in [3.63, 3.8) is 0 Å². The predicted molar refractivity (Wildman–Crippen MR) is 117 cm³/mol. The van der Waals surface area contributed by atoms with Crippen LogP contribution in [0.25, 0.3) is 16.6 Å². The molecule has 152 valence electrons. The zero-order valence-corrected chi connectivity index (χ0v) is 17.6. The van der Waals surface area contributed by atoms with Crippen molar-refractivity contribution in [3.8, 4) is 17.2 Å². The summed E-state index contributed by atoms with van der Waals surface area (Å²) in [5.74, 6) is 0. The highest BCUT2D eigenvalue weighted by molar-refractivity contribution is 7.99. The molecule has 2 N–H and O–H groups in total. The fourth-order valence-electron chi connectivity index (χ4n) is 3.35. The summed E-state index contributed by atoms with van der Waals surface area (Å²) in [6.07, 6.45) is 11.3. The summed E-state index contributed by atoms with van der Waals surface area (Å²) in [6, 6.07) is 10.0. The van der Waals surface area contributed by atoms with E-state index in [1.54, 1.807) is 23.1 Å². The zero-order valence-electron chi connectivity index (χ0n) is 16.8. The van der Waals surface area contributed by atoms with E-state index in [-0.39, 0.29) is 0 Å². The van der Waals surface area contributed by atoms with Crippen molar-refractivity contribution >= 4 is 17.3 Å². The van der Waals surface area contributed by atoms with Crippen molar-refractivity contribution in [2.75, 3.05) is 13.1 Å². The molecular weight excluding hydrogens is 394 g/mol. The number of nitrogens with one attached hydrogen (secondary N) is 2. The molecule has 8 heteroatoms. The van der Waals surface area contributed by atoms with E-state index >= 15 is 0 Å². The topological polar surface area (TPSA) is 94.7 Å². The molecule has 0 aliphatic carbocycles. The fraction of sp³-hybridized carbons (Fsp3) is 0.273. The maximum absolute atomic E-state index is 9.37. The molecule has 4 aromatic heterocycles. The summed E-state index contributed by atoms with van der Waals surface area (Å²) in [6.45, 7) is 4.47. The maximum atomic E-state index is 9.37. The van der Waals surface area contributed by atoms with Crippen LogP contribution in [0.2, 0.25) is 0 Å². The van der Waals surface area contributed by atoms with Crippen LogP contribution in [0, 0.1) is 18.3 Å². The number of pyridine rings is 2. The highest BCUT2D eigenvalue weighted by Gasteiger charge is 2.15. The lowest BCUT2D eigenvalue weighted by Gasteiger charge is -2.08. The van der Waals surface area contributed by atoms with Gasteiger partial charge in [0.25, 0.3) is 0 Å². The lowest BCUT2D eigenvalue weighted by molar-refractivity contribution is 0.520. The van der Waals surface area contributed by atoms with E-state index < -0.39 is 0 Å². The van der Waals surface area contributed by atoms with E-state index in [4.69, 9.17) is 0 Å². The van der Waals surface area contributed by atoms with Crippen LogP contribution in [0.3, 0.4) is 0 Å². The van der Waals surface area contributed by atoms with Crippen LogP contribution in [0.1, 0.15) is 30.5 Å². The first-order chi connectivity index (χ1) is 14.8. The van der Waals surface area contributed by atoms with Crippen LogP contribution < -0.4 is 5.32 Å². The lowest BCUT2D eigenvalue weighted by atomic mass is 10.1. The third kappa shape index (κ3) is 4.53. The zero-order chi connectivity index (χ0) is 20.8. The molecule has 0 unspecified atom stereocenters. The minimum absolute atomic E-state index is 0.545. The average molecular weight is 418 g/mol. The molecule has 1 saturated heterocycles. The van der Waals surface area contributed by atoms with E-state index in [0.29, 0.717) is 5.56 Å². The normalized spacial score (nSPS) is 13.5. The largest absolute Gasteiger partial charge is 0.317 e. The molecule has 5 heterocycles. The van der Waals surface area contributed by atoms with Crippen molar-refractivity contribution in [1.82, 2.24) is 30.1 Å². The smallest absolute Gasteiger partial charge is 0.103 e. The number of hydrogen-bond donors (Lipinski definition) is 2. The molecular formula is C22H23N7S. The van der Waals surface area contributed by atoms with Gasteiger partial charge in [0.2, 0.25) is 0 Å². The molecule has 0 saturated carbocycles. The van der Waals surface area contributed by atoms with Crippen LogP contribution in [0.4, 0.5) is 0 Å². The molecule has 1 fully saturated rings. The van der Waals surface area contributed by atoms with Gasteiger partial charge in [-0.15, -0.1) is 0 Å². The summed E-state index contributed by atoms with van der Waals surface area (Å²) in [5.41, 5.74) is 4.31. The van der Waals surface area contributed by atoms with Gasteiger partial charge in [-0.1, -0.05) is 24.2 Å². The number of aryl methyl sites for hydroxylation is 1. The Labute approximate surface area is 179 Å². The Kier molecular flexibility index (Phi) is 6.42. The fourth-order valence-corrected chi connectivity index (χ4v) is 4.33. The van der Waals surface area contributed by atoms with Gasteiger partial charge in [-0.2, -0.15) is 15.5 Å². The number of piperidine rings is 1. The molecule has 1 aliphatic heterocycles. The third-order valence-electron chi connectivity index (χ3n) is 4.90. The van der Waals surface area contributed by atoms with Crippen molar-refractivity contribution < 1.29 is 0 Å². The second kappa shape index (κ2) is 9.57. The van der Waals surface area contributed by atoms with Crippen molar-refractivity contribution in [2.24, 2.45) is 0 Å². The number of rotatable bonds is 3. The first-order valence-electron chi connectivity index (χ1n) is 9.97. The van der Waals surface area contributed by atoms with E-state index in [1.807, 2.05) is 31.3 Å². The van der Waals surface area contributed by atoms with Gasteiger partial charge in [0.05, 0.1) is 23.5 Å². The number of nitriles is 1. The second-order valence-corrected chi connectivity index (χ2v) is 8.11. The summed E-state index contributed by atoms with van der Waals surface area (Å²) >= 11 is 1.51. The SMILES string of the molecule is C1CCNCC1.Cc1[nH]ncc1-c1cc(Sc2ccccn2)c2c(C#N)cnn2c1. The molecule has 0 spiro atoms. The molecule has 30 heavy (non-hydrogen) atoms.